The predicted octanol–water partition coefficient (Wildman–Crippen LogP) is 19.2. The molecule has 3 fully saturated rings. The Kier molecular flexibility index (Phi) is 34.6. The van der Waals surface area contributed by atoms with Crippen molar-refractivity contribution < 1.29 is 14.2 Å². The van der Waals surface area contributed by atoms with Crippen molar-refractivity contribution in [3.63, 3.8) is 0 Å². The largest absolute Gasteiger partial charge is 0.385 e. The number of likely N-dealkylation sites (tertiary alicyclic amines) is 1. The SMILES string of the molecule is CCC1(C)C(CC(C)OCCCCCCOC)=CCC2(C)C1CCC1(CC)C([C@H](C)CCCC(C)C)CCC21.CCCCCCCC/C=C\CCCCCCCCOCCC.CN1CCCC1. The Morgan fingerprint density at radius 1 is 0.642 bits per heavy atom. The van der Waals surface area contributed by atoms with E-state index in [0.29, 0.717) is 22.3 Å². The van der Waals surface area contributed by atoms with Crippen LogP contribution in [0.2, 0.25) is 0 Å². The van der Waals surface area contributed by atoms with Crippen LogP contribution >= 0.6 is 0 Å². The molecule has 1 aliphatic heterocycles. The number of ether oxygens (including phenoxy) is 3. The van der Waals surface area contributed by atoms with Gasteiger partial charge in [0.15, 0.2) is 0 Å². The molecule has 3 aliphatic carbocycles. The summed E-state index contributed by atoms with van der Waals surface area (Å²) in [7, 11) is 3.97. The molecule has 4 nitrogen and oxygen atoms in total. The van der Waals surface area contributed by atoms with Crippen molar-refractivity contribution in [2.75, 3.05) is 53.7 Å². The number of hydrogen-bond donors (Lipinski definition) is 0. The summed E-state index contributed by atoms with van der Waals surface area (Å²) in [6.07, 6.45) is 51.1. The van der Waals surface area contributed by atoms with Crippen LogP contribution in [0.1, 0.15) is 275 Å². The molecule has 1 saturated heterocycles. The molecule has 1 heterocycles. The van der Waals surface area contributed by atoms with Gasteiger partial charge in [-0.15, -0.1) is 0 Å². The Balaban J connectivity index is 0.000000460. The van der Waals surface area contributed by atoms with Crippen LogP contribution in [0.15, 0.2) is 23.8 Å². The molecule has 8 atom stereocenters. The first-order chi connectivity index (χ1) is 32.4. The van der Waals surface area contributed by atoms with E-state index in [1.165, 1.54) is 206 Å². The second-order valence-electron chi connectivity index (χ2n) is 23.8. The van der Waals surface area contributed by atoms with Gasteiger partial charge in [0, 0.05) is 33.5 Å². The number of fused-ring (bicyclic) bond motifs is 3. The fourth-order valence-corrected chi connectivity index (χ4v) is 13.9. The average molecular weight is 941 g/mol. The molecule has 0 aromatic heterocycles. The molecule has 396 valence electrons. The van der Waals surface area contributed by atoms with Gasteiger partial charge in [0.25, 0.3) is 0 Å². The zero-order valence-electron chi connectivity index (χ0n) is 47.7. The minimum Gasteiger partial charge on any atom is -0.385 e. The van der Waals surface area contributed by atoms with Gasteiger partial charge in [-0.05, 0) is 188 Å². The zero-order valence-corrected chi connectivity index (χ0v) is 47.7. The van der Waals surface area contributed by atoms with Crippen LogP contribution in [0, 0.1) is 45.8 Å². The van der Waals surface area contributed by atoms with Crippen molar-refractivity contribution in [2.45, 2.75) is 281 Å². The predicted molar refractivity (Wildman–Crippen MR) is 296 cm³/mol. The van der Waals surface area contributed by atoms with E-state index in [2.05, 4.69) is 99.4 Å². The molecule has 0 spiro atoms. The Labute approximate surface area is 421 Å². The van der Waals surface area contributed by atoms with Gasteiger partial charge in [-0.1, -0.05) is 176 Å². The van der Waals surface area contributed by atoms with Crippen molar-refractivity contribution in [3.8, 4) is 0 Å². The summed E-state index contributed by atoms with van der Waals surface area (Å²) in [5.41, 5.74) is 3.09. The summed E-state index contributed by atoms with van der Waals surface area (Å²) >= 11 is 0. The highest BCUT2D eigenvalue weighted by Gasteiger charge is 2.64. The van der Waals surface area contributed by atoms with Crippen LogP contribution < -0.4 is 0 Å². The third kappa shape index (κ3) is 22.7. The third-order valence-corrected chi connectivity index (χ3v) is 18.1. The highest BCUT2D eigenvalue weighted by molar-refractivity contribution is 5.26. The molecular weight excluding hydrogens is 819 g/mol. The maximum Gasteiger partial charge on any atom is 0.0584 e. The summed E-state index contributed by atoms with van der Waals surface area (Å²) in [5, 5.41) is 0. The first-order valence-electron chi connectivity index (χ1n) is 30.1. The minimum atomic E-state index is 0.325. The lowest BCUT2D eigenvalue weighted by Crippen LogP contribution is -2.56. The maximum atomic E-state index is 6.37. The Morgan fingerprint density at radius 2 is 1.24 bits per heavy atom. The molecule has 0 radical (unpaired) electrons. The van der Waals surface area contributed by atoms with Gasteiger partial charge in [-0.25, -0.2) is 0 Å². The van der Waals surface area contributed by atoms with E-state index < -0.39 is 0 Å². The van der Waals surface area contributed by atoms with E-state index in [0.717, 1.165) is 68.9 Å². The molecule has 2 saturated carbocycles. The summed E-state index contributed by atoms with van der Waals surface area (Å²) in [4.78, 5) is 2.36. The number of allylic oxidation sites excluding steroid dienone is 3. The minimum absolute atomic E-state index is 0.325. The molecule has 67 heavy (non-hydrogen) atoms. The van der Waals surface area contributed by atoms with Gasteiger partial charge in [0.2, 0.25) is 0 Å². The molecule has 4 heteroatoms. The third-order valence-electron chi connectivity index (χ3n) is 18.1. The van der Waals surface area contributed by atoms with Crippen LogP contribution in [0.4, 0.5) is 0 Å². The molecule has 0 N–H and O–H groups in total. The smallest absolute Gasteiger partial charge is 0.0584 e. The first-order valence-corrected chi connectivity index (χ1v) is 30.1. The topological polar surface area (TPSA) is 30.9 Å². The fourth-order valence-electron chi connectivity index (χ4n) is 13.9. The molecule has 7 unspecified atom stereocenters. The maximum absolute atomic E-state index is 6.37. The lowest BCUT2D eigenvalue weighted by Gasteiger charge is -2.63. The van der Waals surface area contributed by atoms with E-state index in [1.807, 2.05) is 0 Å². The van der Waals surface area contributed by atoms with Gasteiger partial charge >= 0.3 is 0 Å². The Bertz CT molecular complexity index is 1220. The second kappa shape index (κ2) is 37.1. The van der Waals surface area contributed by atoms with Gasteiger partial charge in [-0.3, -0.25) is 0 Å². The van der Waals surface area contributed by atoms with Crippen LogP contribution in [-0.4, -0.2) is 64.7 Å². The molecule has 0 aromatic rings. The monoisotopic (exact) mass is 940 g/mol. The molecule has 4 aliphatic rings. The standard InChI is InChI=1S/C37H68O2.C21H42O.C5H11N/c1-10-35(7)31(27-30(6)39-26-15-13-12-14-25-38-9)21-23-36(8)33(35)22-24-37(11-2)32(19-20-34(36)37)29(5)18-16-17-28(3)4;1-3-5-6-7-8-9-10-11-12-13-14-15-16-17-18-19-21-22-20-4-2;1-6-4-2-3-5-6/h21,28-30,32-34H,10-20,22-27H2,1-9H3;11-12H,3-10,13-21H2,1-2H3;2-5H2,1H3/b;12-11-;/t29-,30?,32?,33?,34?,35?,36?,37?;;/m1../s1. The summed E-state index contributed by atoms with van der Waals surface area (Å²) in [5.74, 6) is 4.40. The second-order valence-corrected chi connectivity index (χ2v) is 23.8. The normalized spacial score (nSPS) is 27.0. The van der Waals surface area contributed by atoms with Gasteiger partial charge in [0.1, 0.15) is 0 Å². The van der Waals surface area contributed by atoms with E-state index in [-0.39, 0.29) is 0 Å². The van der Waals surface area contributed by atoms with Crippen molar-refractivity contribution in [3.05, 3.63) is 23.8 Å². The van der Waals surface area contributed by atoms with Crippen molar-refractivity contribution in [2.24, 2.45) is 45.8 Å². The fraction of sp³-hybridized carbons (Fsp3) is 0.937. The summed E-state index contributed by atoms with van der Waals surface area (Å²) < 4.78 is 17.0. The molecule has 4 rings (SSSR count). The van der Waals surface area contributed by atoms with Crippen LogP contribution in [0.3, 0.4) is 0 Å². The van der Waals surface area contributed by atoms with E-state index in [4.69, 9.17) is 14.2 Å². The molecule has 0 amide bonds. The van der Waals surface area contributed by atoms with Gasteiger partial charge in [0.05, 0.1) is 6.10 Å². The molecule has 0 bridgehead atoms. The van der Waals surface area contributed by atoms with Crippen molar-refractivity contribution >= 4 is 0 Å². The van der Waals surface area contributed by atoms with Crippen LogP contribution in [-0.2, 0) is 14.2 Å². The van der Waals surface area contributed by atoms with E-state index in [9.17, 15) is 0 Å². The van der Waals surface area contributed by atoms with E-state index in [1.54, 1.807) is 12.7 Å². The number of unbranched alkanes of at least 4 members (excludes halogenated alkanes) is 15. The van der Waals surface area contributed by atoms with Crippen molar-refractivity contribution in [1.82, 2.24) is 4.90 Å². The van der Waals surface area contributed by atoms with Gasteiger partial charge in [-0.2, -0.15) is 0 Å². The molecule has 0 aromatic carbocycles. The molecular formula is C63H121NO3. The number of hydrogen-bond acceptors (Lipinski definition) is 4. The lowest BCUT2D eigenvalue weighted by atomic mass is 9.41. The van der Waals surface area contributed by atoms with Crippen LogP contribution in [0.25, 0.3) is 0 Å². The summed E-state index contributed by atoms with van der Waals surface area (Å²) in [6, 6.07) is 0. The Hall–Kier alpha value is -0.680. The zero-order chi connectivity index (χ0) is 49.2. The highest BCUT2D eigenvalue weighted by Crippen LogP contribution is 2.72. The van der Waals surface area contributed by atoms with Crippen LogP contribution in [0.5, 0.6) is 0 Å². The van der Waals surface area contributed by atoms with Gasteiger partial charge < -0.3 is 19.1 Å². The highest BCUT2D eigenvalue weighted by atomic mass is 16.5. The number of methoxy groups -OCH3 is 1. The first kappa shape index (κ1) is 62.4. The van der Waals surface area contributed by atoms with E-state index >= 15 is 0 Å². The quantitative estimate of drug-likeness (QED) is 0.0468. The number of rotatable bonds is 35. The van der Waals surface area contributed by atoms with Crippen molar-refractivity contribution in [1.29, 1.82) is 0 Å². The summed E-state index contributed by atoms with van der Waals surface area (Å²) in [6.45, 7) is 30.9. The average Bonchev–Trinajstić information content (AvgIpc) is 3.97. The Morgan fingerprint density at radius 3 is 1.79 bits per heavy atom. The lowest BCUT2D eigenvalue weighted by molar-refractivity contribution is -0.117. The number of nitrogens with zero attached hydrogens (tertiary/aromatic N) is 1.